The molecule has 0 saturated carbocycles. The van der Waals surface area contributed by atoms with Gasteiger partial charge in [-0.1, -0.05) is 30.3 Å². The van der Waals surface area contributed by atoms with E-state index in [1.165, 1.54) is 0 Å². The summed E-state index contributed by atoms with van der Waals surface area (Å²) in [7, 11) is 0. The lowest BCUT2D eigenvalue weighted by molar-refractivity contribution is 0.0406. The van der Waals surface area contributed by atoms with Crippen LogP contribution >= 0.6 is 0 Å². The van der Waals surface area contributed by atoms with Gasteiger partial charge in [-0.25, -0.2) is 0 Å². The van der Waals surface area contributed by atoms with Crippen molar-refractivity contribution in [2.45, 2.75) is 25.0 Å². The van der Waals surface area contributed by atoms with Crippen molar-refractivity contribution >= 4 is 0 Å². The third-order valence-corrected chi connectivity index (χ3v) is 2.61. The zero-order chi connectivity index (χ0) is 10.7. The molecule has 0 aromatic heterocycles. The van der Waals surface area contributed by atoms with Crippen LogP contribution in [0, 0.1) is 0 Å². The molecule has 1 aromatic rings. The Balaban J connectivity index is 2.16. The fourth-order valence-corrected chi connectivity index (χ4v) is 1.73. The number of aliphatic hydroxyl groups excluding tert-OH is 2. The highest BCUT2D eigenvalue weighted by Gasteiger charge is 2.22. The van der Waals surface area contributed by atoms with Gasteiger partial charge in [-0.05, 0) is 11.6 Å². The minimum atomic E-state index is -0.768. The molecule has 15 heavy (non-hydrogen) atoms. The Morgan fingerprint density at radius 3 is 2.67 bits per heavy atom. The van der Waals surface area contributed by atoms with Gasteiger partial charge in [0.05, 0.1) is 6.10 Å². The van der Waals surface area contributed by atoms with E-state index >= 15 is 0 Å². The number of hydrogen-bond donors (Lipinski definition) is 2. The molecule has 0 saturated heterocycles. The largest absolute Gasteiger partial charge is 0.390 e. The maximum absolute atomic E-state index is 9.73. The van der Waals surface area contributed by atoms with Crippen LogP contribution in [-0.2, 0) is 6.42 Å². The Morgan fingerprint density at radius 2 is 1.93 bits per heavy atom. The van der Waals surface area contributed by atoms with E-state index in [1.807, 2.05) is 30.3 Å². The maximum atomic E-state index is 9.73. The Labute approximate surface area is 89.2 Å². The molecule has 2 rings (SSSR count). The normalized spacial score (nSPS) is 25.1. The third-order valence-electron chi connectivity index (χ3n) is 2.61. The molecule has 2 heteroatoms. The average molecular weight is 202 g/mol. The number of aliphatic hydroxyl groups is 2. The summed E-state index contributed by atoms with van der Waals surface area (Å²) in [6, 6.07) is 9.89. The maximum Gasteiger partial charge on any atom is 0.109 e. The second kappa shape index (κ2) is 4.45. The van der Waals surface area contributed by atoms with Crippen molar-refractivity contribution in [2.75, 3.05) is 0 Å². The van der Waals surface area contributed by atoms with Crippen molar-refractivity contribution in [2.24, 2.45) is 0 Å². The van der Waals surface area contributed by atoms with Gasteiger partial charge in [0.2, 0.25) is 0 Å². The second-order valence-corrected chi connectivity index (χ2v) is 3.78. The van der Waals surface area contributed by atoms with Crippen molar-refractivity contribution in [3.8, 4) is 0 Å². The number of benzene rings is 1. The molecule has 0 fully saturated rings. The van der Waals surface area contributed by atoms with Crippen LogP contribution < -0.4 is 0 Å². The Bertz CT molecular complexity index is 388. The number of hydrogen-bond acceptors (Lipinski definition) is 2. The first-order valence-electron chi connectivity index (χ1n) is 5.11. The van der Waals surface area contributed by atoms with Crippen LogP contribution in [0.15, 0.2) is 47.7 Å². The molecule has 2 atom stereocenters. The van der Waals surface area contributed by atoms with Gasteiger partial charge in [-0.2, -0.15) is 0 Å². The van der Waals surface area contributed by atoms with Crippen molar-refractivity contribution in [1.29, 1.82) is 0 Å². The molecule has 0 heterocycles. The monoisotopic (exact) mass is 202 g/mol. The minimum absolute atomic E-state index is 0.486. The second-order valence-electron chi connectivity index (χ2n) is 3.78. The predicted octanol–water partition coefficient (Wildman–Crippen LogP) is 1.44. The van der Waals surface area contributed by atoms with Crippen LogP contribution in [0.3, 0.4) is 0 Å². The summed E-state index contributed by atoms with van der Waals surface area (Å²) in [6.07, 6.45) is 1.48. The lowest BCUT2D eigenvalue weighted by atomic mass is 9.93. The highest BCUT2D eigenvalue weighted by Crippen LogP contribution is 2.18. The predicted molar refractivity (Wildman–Crippen MR) is 58.4 cm³/mol. The SMILES string of the molecule is O[C@@H]1C(Cc2ccccc2)=C=CC[C@@H]1O. The summed E-state index contributed by atoms with van der Waals surface area (Å²) >= 11 is 0. The zero-order valence-corrected chi connectivity index (χ0v) is 8.43. The van der Waals surface area contributed by atoms with E-state index < -0.39 is 12.2 Å². The van der Waals surface area contributed by atoms with E-state index in [0.29, 0.717) is 12.8 Å². The molecule has 0 amide bonds. The van der Waals surface area contributed by atoms with Crippen LogP contribution in [0.5, 0.6) is 0 Å². The lowest BCUT2D eigenvalue weighted by Gasteiger charge is -2.21. The van der Waals surface area contributed by atoms with Gasteiger partial charge in [-0.15, -0.1) is 5.73 Å². The van der Waals surface area contributed by atoms with E-state index in [-0.39, 0.29) is 0 Å². The smallest absolute Gasteiger partial charge is 0.109 e. The first-order valence-corrected chi connectivity index (χ1v) is 5.11. The molecule has 0 radical (unpaired) electrons. The molecule has 0 unspecified atom stereocenters. The summed E-state index contributed by atoms with van der Waals surface area (Å²) in [6.45, 7) is 0. The summed E-state index contributed by atoms with van der Waals surface area (Å²) in [5.74, 6) is 0. The van der Waals surface area contributed by atoms with E-state index in [9.17, 15) is 10.2 Å². The van der Waals surface area contributed by atoms with Crippen LogP contribution in [0.25, 0.3) is 0 Å². The van der Waals surface area contributed by atoms with Crippen LogP contribution in [-0.4, -0.2) is 22.4 Å². The molecule has 1 aliphatic carbocycles. The van der Waals surface area contributed by atoms with Crippen molar-refractivity contribution in [3.05, 3.63) is 53.3 Å². The molecular weight excluding hydrogens is 188 g/mol. The van der Waals surface area contributed by atoms with Gasteiger partial charge in [0.15, 0.2) is 0 Å². The molecule has 2 nitrogen and oxygen atoms in total. The molecule has 0 spiro atoms. The molecule has 1 aromatic carbocycles. The van der Waals surface area contributed by atoms with Gasteiger partial charge in [0.1, 0.15) is 6.10 Å². The first-order chi connectivity index (χ1) is 7.27. The van der Waals surface area contributed by atoms with Crippen molar-refractivity contribution < 1.29 is 10.2 Å². The van der Waals surface area contributed by atoms with Gasteiger partial charge < -0.3 is 10.2 Å². The molecule has 1 aliphatic rings. The molecule has 0 aliphatic heterocycles. The summed E-state index contributed by atoms with van der Waals surface area (Å²) in [5, 5.41) is 19.2. The topological polar surface area (TPSA) is 40.5 Å². The van der Waals surface area contributed by atoms with Gasteiger partial charge in [0.25, 0.3) is 0 Å². The molecule has 78 valence electrons. The molecule has 0 bridgehead atoms. The quantitative estimate of drug-likeness (QED) is 0.712. The highest BCUT2D eigenvalue weighted by atomic mass is 16.3. The van der Waals surface area contributed by atoms with Crippen LogP contribution in [0.2, 0.25) is 0 Å². The fourth-order valence-electron chi connectivity index (χ4n) is 1.73. The van der Waals surface area contributed by atoms with Crippen molar-refractivity contribution in [1.82, 2.24) is 0 Å². The lowest BCUT2D eigenvalue weighted by Crippen LogP contribution is -2.29. The zero-order valence-electron chi connectivity index (χ0n) is 8.43. The van der Waals surface area contributed by atoms with E-state index in [4.69, 9.17) is 0 Å². The third kappa shape index (κ3) is 2.37. The van der Waals surface area contributed by atoms with Gasteiger partial charge in [-0.3, -0.25) is 0 Å². The first kappa shape index (κ1) is 10.2. The Hall–Kier alpha value is -1.34. The summed E-state index contributed by atoms with van der Waals surface area (Å²) in [4.78, 5) is 0. The minimum Gasteiger partial charge on any atom is -0.390 e. The van der Waals surface area contributed by atoms with E-state index in [0.717, 1.165) is 11.1 Å². The highest BCUT2D eigenvalue weighted by molar-refractivity contribution is 5.25. The Kier molecular flexibility index (Phi) is 3.02. The van der Waals surface area contributed by atoms with Crippen LogP contribution in [0.1, 0.15) is 12.0 Å². The Morgan fingerprint density at radius 1 is 1.20 bits per heavy atom. The van der Waals surface area contributed by atoms with Gasteiger partial charge in [0, 0.05) is 18.4 Å². The fraction of sp³-hybridized carbons (Fsp3) is 0.308. The average Bonchev–Trinajstić information content (AvgIpc) is 2.26. The standard InChI is InChI=1S/C13H14O2/c14-12-8-4-7-11(13(12)15)9-10-5-2-1-3-6-10/h1-6,12-15H,8-9H2/t12-,13+/m0/s1. The number of rotatable bonds is 2. The van der Waals surface area contributed by atoms with E-state index in [1.54, 1.807) is 6.08 Å². The van der Waals surface area contributed by atoms with Crippen LogP contribution in [0.4, 0.5) is 0 Å². The summed E-state index contributed by atoms with van der Waals surface area (Å²) < 4.78 is 0. The van der Waals surface area contributed by atoms with Crippen molar-refractivity contribution in [3.63, 3.8) is 0 Å². The van der Waals surface area contributed by atoms with Gasteiger partial charge >= 0.3 is 0 Å². The summed E-state index contributed by atoms with van der Waals surface area (Å²) in [5.41, 5.74) is 4.92. The van der Waals surface area contributed by atoms with E-state index in [2.05, 4.69) is 5.73 Å². The molecular formula is C13H14O2. The molecule has 2 N–H and O–H groups in total.